The average Bonchev–Trinajstić information content (AvgIpc) is 2.71. The fourth-order valence-corrected chi connectivity index (χ4v) is 2.66. The first-order valence-electron chi connectivity index (χ1n) is 5.32. The molecule has 72 valence electrons. The van der Waals surface area contributed by atoms with Crippen molar-refractivity contribution in [2.75, 3.05) is 0 Å². The van der Waals surface area contributed by atoms with E-state index in [1.165, 1.54) is 17.8 Å². The lowest BCUT2D eigenvalue weighted by Crippen LogP contribution is -2.05. The third-order valence-electron chi connectivity index (χ3n) is 3.41. The van der Waals surface area contributed by atoms with Crippen LogP contribution < -0.4 is 0 Å². The van der Waals surface area contributed by atoms with Crippen LogP contribution in [-0.2, 0) is 19.9 Å². The molecule has 0 radical (unpaired) electrons. The molecule has 2 aliphatic rings. The molecule has 0 aromatic carbocycles. The Balaban J connectivity index is 2.25. The Morgan fingerprint density at radius 2 is 2.00 bits per heavy atom. The van der Waals surface area contributed by atoms with Gasteiger partial charge in [0.25, 0.3) is 0 Å². The van der Waals surface area contributed by atoms with Crippen molar-refractivity contribution in [2.24, 2.45) is 13.0 Å². The lowest BCUT2D eigenvalue weighted by atomic mass is 9.92. The molecule has 0 aliphatic heterocycles. The predicted molar refractivity (Wildman–Crippen MR) is 60.1 cm³/mol. The highest BCUT2D eigenvalue weighted by molar-refractivity contribution is 5.68. The minimum Gasteiger partial charge on any atom is -0.344 e. The van der Waals surface area contributed by atoms with Gasteiger partial charge in [-0.2, -0.15) is 0 Å². The molecule has 0 N–H and O–H groups in total. The number of aromatic nitrogens is 1. The van der Waals surface area contributed by atoms with Gasteiger partial charge in [-0.3, -0.25) is 0 Å². The van der Waals surface area contributed by atoms with E-state index in [2.05, 4.69) is 42.8 Å². The van der Waals surface area contributed by atoms with Crippen LogP contribution >= 0.6 is 0 Å². The first kappa shape index (κ1) is 8.10. The second-order valence-electron chi connectivity index (χ2n) is 4.43. The monoisotopic (exact) mass is 185 g/mol. The zero-order valence-electron chi connectivity index (χ0n) is 8.75. The second kappa shape index (κ2) is 2.63. The highest BCUT2D eigenvalue weighted by atomic mass is 15.0. The molecule has 1 unspecified atom stereocenters. The quantitative estimate of drug-likeness (QED) is 0.585. The van der Waals surface area contributed by atoms with Gasteiger partial charge in [-0.05, 0) is 42.0 Å². The van der Waals surface area contributed by atoms with E-state index < -0.39 is 0 Å². The Morgan fingerprint density at radius 3 is 2.86 bits per heavy atom. The summed E-state index contributed by atoms with van der Waals surface area (Å²) in [6, 6.07) is 0. The molecule has 0 fully saturated rings. The molecule has 1 nitrogen and oxygen atoms in total. The smallest absolute Gasteiger partial charge is 0.0444 e. The topological polar surface area (TPSA) is 4.93 Å². The van der Waals surface area contributed by atoms with Gasteiger partial charge < -0.3 is 4.57 Å². The Kier molecular flexibility index (Phi) is 1.52. The van der Waals surface area contributed by atoms with Gasteiger partial charge in [0.15, 0.2) is 0 Å². The zero-order chi connectivity index (χ0) is 9.71. The van der Waals surface area contributed by atoms with E-state index in [4.69, 9.17) is 0 Å². The maximum Gasteiger partial charge on any atom is 0.0444 e. The van der Waals surface area contributed by atoms with E-state index in [-0.39, 0.29) is 0 Å². The third kappa shape index (κ3) is 0.899. The minimum absolute atomic E-state index is 0.703. The summed E-state index contributed by atoms with van der Waals surface area (Å²) < 4.78 is 2.33. The first-order chi connectivity index (χ1) is 6.77. The molecule has 0 saturated carbocycles. The van der Waals surface area contributed by atoms with Crippen LogP contribution in [0.5, 0.6) is 0 Å². The van der Waals surface area contributed by atoms with E-state index in [1.54, 1.807) is 11.1 Å². The first-order valence-corrected chi connectivity index (χ1v) is 5.32. The van der Waals surface area contributed by atoms with Crippen molar-refractivity contribution in [1.29, 1.82) is 0 Å². The summed E-state index contributed by atoms with van der Waals surface area (Å²) in [7, 11) is 2.17. The molecule has 0 spiro atoms. The minimum atomic E-state index is 0.703. The van der Waals surface area contributed by atoms with Crippen LogP contribution in [0.3, 0.4) is 0 Å². The van der Waals surface area contributed by atoms with Gasteiger partial charge in [0, 0.05) is 18.4 Å². The molecule has 14 heavy (non-hydrogen) atoms. The van der Waals surface area contributed by atoms with E-state index in [0.717, 1.165) is 6.42 Å². The summed E-state index contributed by atoms with van der Waals surface area (Å²) >= 11 is 0. The molecule has 0 saturated heterocycles. The van der Waals surface area contributed by atoms with Crippen LogP contribution in [0.1, 0.15) is 29.4 Å². The molecule has 0 bridgehead atoms. The number of hydrogen-bond donors (Lipinski definition) is 0. The lowest BCUT2D eigenvalue weighted by Gasteiger charge is -2.14. The van der Waals surface area contributed by atoms with E-state index >= 15 is 0 Å². The van der Waals surface area contributed by atoms with E-state index in [0.29, 0.717) is 5.92 Å². The van der Waals surface area contributed by atoms with Crippen molar-refractivity contribution in [1.82, 2.24) is 4.57 Å². The number of allylic oxidation sites excluding steroid dienone is 2. The molecule has 1 aromatic heterocycles. The fourth-order valence-electron chi connectivity index (χ4n) is 2.66. The van der Waals surface area contributed by atoms with Gasteiger partial charge in [0.2, 0.25) is 0 Å². The summed E-state index contributed by atoms with van der Waals surface area (Å²) in [6.07, 6.45) is 11.5. The molecule has 1 aromatic rings. The number of rotatable bonds is 0. The van der Waals surface area contributed by atoms with Crippen molar-refractivity contribution in [3.63, 3.8) is 0 Å². The van der Waals surface area contributed by atoms with Crippen molar-refractivity contribution in [3.8, 4) is 0 Å². The number of fused-ring (bicyclic) bond motifs is 3. The van der Waals surface area contributed by atoms with Crippen molar-refractivity contribution in [3.05, 3.63) is 34.7 Å². The van der Waals surface area contributed by atoms with Crippen molar-refractivity contribution in [2.45, 2.75) is 19.8 Å². The van der Waals surface area contributed by atoms with Gasteiger partial charge in [0.1, 0.15) is 0 Å². The summed E-state index contributed by atoms with van der Waals surface area (Å²) in [5.41, 5.74) is 6.01. The van der Waals surface area contributed by atoms with Gasteiger partial charge in [-0.15, -0.1) is 0 Å². The van der Waals surface area contributed by atoms with Gasteiger partial charge in [-0.25, -0.2) is 0 Å². The van der Waals surface area contributed by atoms with Crippen molar-refractivity contribution >= 4 is 12.2 Å². The van der Waals surface area contributed by atoms with Crippen LogP contribution in [0.15, 0.2) is 12.2 Å². The summed E-state index contributed by atoms with van der Waals surface area (Å²) in [5.74, 6) is 0.703. The van der Waals surface area contributed by atoms with Gasteiger partial charge in [-0.1, -0.05) is 19.1 Å². The highest BCUT2D eigenvalue weighted by Gasteiger charge is 2.22. The van der Waals surface area contributed by atoms with Gasteiger partial charge in [0.05, 0.1) is 0 Å². The lowest BCUT2D eigenvalue weighted by molar-refractivity contribution is 0.708. The Bertz CT molecular complexity index is 446. The maximum atomic E-state index is 2.33. The van der Waals surface area contributed by atoms with Crippen LogP contribution in [0, 0.1) is 5.92 Å². The summed E-state index contributed by atoms with van der Waals surface area (Å²) in [5, 5.41) is 0. The van der Waals surface area contributed by atoms with E-state index in [1.807, 2.05) is 0 Å². The Labute approximate surface area is 84.7 Å². The highest BCUT2D eigenvalue weighted by Crippen LogP contribution is 2.34. The third-order valence-corrected chi connectivity index (χ3v) is 3.41. The maximum absolute atomic E-state index is 2.33. The normalized spacial score (nSPS) is 22.6. The number of nitrogens with zero attached hydrogens (tertiary/aromatic N) is 1. The van der Waals surface area contributed by atoms with Crippen LogP contribution in [0.2, 0.25) is 0 Å². The summed E-state index contributed by atoms with van der Waals surface area (Å²) in [4.78, 5) is 0. The van der Waals surface area contributed by atoms with E-state index in [9.17, 15) is 0 Å². The average molecular weight is 185 g/mol. The molecule has 3 rings (SSSR count). The fraction of sp³-hybridized carbons (Fsp3) is 0.385. The molecule has 1 heteroatoms. The Morgan fingerprint density at radius 1 is 1.21 bits per heavy atom. The standard InChI is InChI=1S/C13H15N/c1-9-6-7-13-11(8-9)10-4-3-5-12(10)14(13)2/h3,5-7,9H,4,8H2,1-2H3. The molecule has 1 heterocycles. The predicted octanol–water partition coefficient (Wildman–Crippen LogP) is 2.80. The number of hydrogen-bond acceptors (Lipinski definition) is 0. The molecule has 1 atom stereocenters. The zero-order valence-corrected chi connectivity index (χ0v) is 8.75. The Hall–Kier alpha value is -1.24. The van der Waals surface area contributed by atoms with Gasteiger partial charge >= 0.3 is 0 Å². The molecular formula is C13H15N. The van der Waals surface area contributed by atoms with Crippen LogP contribution in [0.4, 0.5) is 0 Å². The molecular weight excluding hydrogens is 170 g/mol. The molecule has 2 aliphatic carbocycles. The van der Waals surface area contributed by atoms with Crippen molar-refractivity contribution < 1.29 is 0 Å². The van der Waals surface area contributed by atoms with Crippen LogP contribution in [0.25, 0.3) is 12.2 Å². The second-order valence-corrected chi connectivity index (χ2v) is 4.43. The summed E-state index contributed by atoms with van der Waals surface area (Å²) in [6.45, 7) is 2.29. The van der Waals surface area contributed by atoms with Crippen LogP contribution in [-0.4, -0.2) is 4.57 Å². The SMILES string of the molecule is CC1C=Cc2c(c3c(n2C)C=CC3)C1. The largest absolute Gasteiger partial charge is 0.344 e. The molecule has 0 amide bonds.